The van der Waals surface area contributed by atoms with Crippen molar-refractivity contribution in [1.29, 1.82) is 0 Å². The number of alkyl carbamates (subject to hydrolysis) is 2. The van der Waals surface area contributed by atoms with Crippen LogP contribution in [0.3, 0.4) is 0 Å². The third-order valence-corrected chi connectivity index (χ3v) is 14.7. The zero-order valence-electron chi connectivity index (χ0n) is 40.5. The zero-order valence-corrected chi connectivity index (χ0v) is 40.5. The van der Waals surface area contributed by atoms with Crippen molar-refractivity contribution in [2.45, 2.75) is 102 Å². The summed E-state index contributed by atoms with van der Waals surface area (Å²) >= 11 is 0. The van der Waals surface area contributed by atoms with Crippen LogP contribution in [0.15, 0.2) is 60.7 Å². The minimum absolute atomic E-state index is 0.0541. The molecule has 4 aliphatic heterocycles. The quantitative estimate of drug-likeness (QED) is 0.0981. The number of hydrogen-bond donors (Lipinski definition) is 4. The number of likely N-dealkylation sites (tertiary alicyclic amines) is 2. The molecule has 0 radical (unpaired) electrons. The van der Waals surface area contributed by atoms with E-state index in [2.05, 4.69) is 103 Å². The number of likely N-dealkylation sites (N-methyl/N-ethyl adjacent to an activating group) is 1. The summed E-state index contributed by atoms with van der Waals surface area (Å²) in [5.41, 5.74) is 8.24. The molecule has 2 aromatic heterocycles. The fourth-order valence-corrected chi connectivity index (χ4v) is 10.9. The number of carbonyl (C=O) groups excluding carboxylic acids is 4. The van der Waals surface area contributed by atoms with Crippen LogP contribution in [-0.2, 0) is 19.1 Å². The number of nitrogens with zero attached hydrogens (tertiary/aromatic N) is 7. The van der Waals surface area contributed by atoms with Crippen molar-refractivity contribution >= 4 is 57.4 Å². The third kappa shape index (κ3) is 9.28. The molecular weight excluding hydrogens is 863 g/mol. The van der Waals surface area contributed by atoms with E-state index in [9.17, 15) is 19.2 Å². The van der Waals surface area contributed by atoms with Gasteiger partial charge in [-0.1, -0.05) is 39.8 Å². The Morgan fingerprint density at radius 3 is 1.63 bits per heavy atom. The van der Waals surface area contributed by atoms with Crippen LogP contribution in [0, 0.1) is 11.8 Å². The largest absolute Gasteiger partial charge is 0.453 e. The lowest BCUT2D eigenvalue weighted by Gasteiger charge is -2.36. The lowest BCUT2D eigenvalue weighted by molar-refractivity contribution is -0.136. The summed E-state index contributed by atoms with van der Waals surface area (Å²) in [4.78, 5) is 80.7. The Labute approximate surface area is 398 Å². The molecule has 4 amide bonds. The monoisotopic (exact) mass is 930 g/mol. The van der Waals surface area contributed by atoms with Crippen molar-refractivity contribution in [2.75, 3.05) is 70.3 Å². The SMILES string of the molecule is COC(=O)N[C@H](C(=O)N1CCC[C@H]1c1nc2cc([C@H]3CC[C@H](c4ccc5nc([C@@H]6CCCN6C(=O)[C@@H](NC(=O)OC)C(C)C)[nH]c5c4)N3c3ccc(N4CCN(C)CC4)cc3)ccc2[nH]1)C(C)C. The summed E-state index contributed by atoms with van der Waals surface area (Å²) in [6.45, 7) is 12.9. The summed E-state index contributed by atoms with van der Waals surface area (Å²) < 4.78 is 9.69. The summed E-state index contributed by atoms with van der Waals surface area (Å²) in [5, 5.41) is 5.50. The van der Waals surface area contributed by atoms with Crippen molar-refractivity contribution < 1.29 is 28.7 Å². The number of hydrogen-bond acceptors (Lipinski definition) is 11. The van der Waals surface area contributed by atoms with Crippen LogP contribution in [0.25, 0.3) is 22.1 Å². The van der Waals surface area contributed by atoms with Gasteiger partial charge in [0.1, 0.15) is 23.7 Å². The number of aromatic nitrogens is 4. The van der Waals surface area contributed by atoms with E-state index in [0.717, 1.165) is 104 Å². The number of imidazole rings is 2. The predicted molar refractivity (Wildman–Crippen MR) is 261 cm³/mol. The number of fused-ring (bicyclic) bond motifs is 2. The lowest BCUT2D eigenvalue weighted by atomic mass is 10.0. The maximum atomic E-state index is 13.9. The van der Waals surface area contributed by atoms with Gasteiger partial charge in [-0.3, -0.25) is 9.59 Å². The van der Waals surface area contributed by atoms with E-state index >= 15 is 0 Å². The summed E-state index contributed by atoms with van der Waals surface area (Å²) in [5.74, 6) is 0.985. The summed E-state index contributed by atoms with van der Waals surface area (Å²) in [7, 11) is 4.79. The van der Waals surface area contributed by atoms with Gasteiger partial charge in [-0.05, 0) is 117 Å². The predicted octanol–water partition coefficient (Wildman–Crippen LogP) is 7.36. The number of H-pyrrole nitrogens is 2. The molecular formula is C51H67N11O6. The van der Waals surface area contributed by atoms with Gasteiger partial charge in [0.2, 0.25) is 11.8 Å². The molecule has 0 aliphatic carbocycles. The average Bonchev–Trinajstić information content (AvgIpc) is 4.20. The molecule has 68 heavy (non-hydrogen) atoms. The lowest BCUT2D eigenvalue weighted by Crippen LogP contribution is -2.51. The maximum absolute atomic E-state index is 13.9. The van der Waals surface area contributed by atoms with E-state index in [1.807, 2.05) is 37.5 Å². The smallest absolute Gasteiger partial charge is 0.407 e. The Bertz CT molecular complexity index is 2470. The molecule has 6 atom stereocenters. The molecule has 6 heterocycles. The highest BCUT2D eigenvalue weighted by atomic mass is 16.5. The maximum Gasteiger partial charge on any atom is 0.407 e. The number of amides is 4. The van der Waals surface area contributed by atoms with E-state index in [4.69, 9.17) is 19.4 Å². The molecule has 4 N–H and O–H groups in total. The van der Waals surface area contributed by atoms with Crippen LogP contribution in [0.4, 0.5) is 21.0 Å². The Kier molecular flexibility index (Phi) is 13.5. The Morgan fingerprint density at radius 1 is 0.588 bits per heavy atom. The number of rotatable bonds is 12. The first kappa shape index (κ1) is 46.7. The van der Waals surface area contributed by atoms with E-state index in [1.165, 1.54) is 31.0 Å². The molecule has 3 aromatic carbocycles. The number of ether oxygens (including phenoxy) is 2. The Balaban J connectivity index is 1.01. The van der Waals surface area contributed by atoms with E-state index in [1.54, 1.807) is 0 Å². The zero-order chi connectivity index (χ0) is 47.8. The molecule has 4 saturated heterocycles. The van der Waals surface area contributed by atoms with Gasteiger partial charge in [-0.2, -0.15) is 0 Å². The first-order valence-electron chi connectivity index (χ1n) is 24.4. The van der Waals surface area contributed by atoms with Gasteiger partial charge in [0.15, 0.2) is 0 Å². The van der Waals surface area contributed by atoms with Crippen molar-refractivity contribution in [3.63, 3.8) is 0 Å². The second-order valence-electron chi connectivity index (χ2n) is 19.7. The molecule has 0 bridgehead atoms. The normalized spacial score (nSPS) is 22.1. The third-order valence-electron chi connectivity index (χ3n) is 14.7. The number of benzene rings is 3. The van der Waals surface area contributed by atoms with Gasteiger partial charge in [0.25, 0.3) is 0 Å². The Morgan fingerprint density at radius 2 is 1.09 bits per heavy atom. The van der Waals surface area contributed by atoms with Crippen LogP contribution in [0.5, 0.6) is 0 Å². The fraction of sp³-hybridized carbons (Fsp3) is 0.529. The summed E-state index contributed by atoms with van der Waals surface area (Å²) in [6, 6.07) is 20.3. The number of piperazine rings is 1. The molecule has 17 heteroatoms. The van der Waals surface area contributed by atoms with Crippen molar-refractivity contribution in [2.24, 2.45) is 11.8 Å². The van der Waals surface area contributed by atoms with Crippen LogP contribution < -0.4 is 20.4 Å². The first-order chi connectivity index (χ1) is 32.8. The molecule has 9 rings (SSSR count). The second kappa shape index (κ2) is 19.7. The number of nitrogens with one attached hydrogen (secondary N) is 4. The average molecular weight is 930 g/mol. The minimum atomic E-state index is -0.707. The molecule has 0 unspecified atom stereocenters. The van der Waals surface area contributed by atoms with Gasteiger partial charge in [0, 0.05) is 50.6 Å². The van der Waals surface area contributed by atoms with E-state index < -0.39 is 24.3 Å². The number of methoxy groups -OCH3 is 2. The highest BCUT2D eigenvalue weighted by Gasteiger charge is 2.40. The summed E-state index contributed by atoms with van der Waals surface area (Å²) in [6.07, 6.45) is 3.83. The molecule has 0 saturated carbocycles. The molecule has 4 aliphatic rings. The van der Waals surface area contributed by atoms with Gasteiger partial charge < -0.3 is 54.6 Å². The Hall–Kier alpha value is -6.36. The van der Waals surface area contributed by atoms with Gasteiger partial charge in [0.05, 0.1) is 60.5 Å². The van der Waals surface area contributed by atoms with Crippen molar-refractivity contribution in [3.05, 3.63) is 83.4 Å². The molecule has 17 nitrogen and oxygen atoms in total. The van der Waals surface area contributed by atoms with Gasteiger partial charge >= 0.3 is 12.2 Å². The number of anilines is 2. The van der Waals surface area contributed by atoms with Crippen molar-refractivity contribution in [3.8, 4) is 0 Å². The van der Waals surface area contributed by atoms with Crippen LogP contribution in [0.1, 0.15) is 113 Å². The van der Waals surface area contributed by atoms with E-state index in [0.29, 0.717) is 13.1 Å². The fourth-order valence-electron chi connectivity index (χ4n) is 10.9. The van der Waals surface area contributed by atoms with Crippen LogP contribution in [0.2, 0.25) is 0 Å². The molecule has 362 valence electrons. The first-order valence-corrected chi connectivity index (χ1v) is 24.4. The number of aromatic amines is 2. The van der Waals surface area contributed by atoms with Gasteiger partial charge in [-0.15, -0.1) is 0 Å². The topological polar surface area (TPSA) is 184 Å². The molecule has 5 aromatic rings. The number of carbonyl (C=O) groups is 4. The standard InChI is InChI=1S/C51H67N11O6/c1-30(2)44(56-50(65)67-6)48(63)60-22-8-10-42(60)46-52-36-18-12-32(28-38(36)54-46)40-20-21-41(62(40)35-16-14-34(15-17-35)59-26-24-58(5)25-27-59)33-13-19-37-39(29-33)55-47(53-37)43-11-9-23-61(43)49(64)45(31(3)4)57-51(66)68-7/h12-19,28-31,40-45H,8-11,20-27H2,1-7H3,(H,52,54)(H,53,55)(H,56,65)(H,57,66)/t40-,41-,42+,43+,44+,45+/m1/s1. The van der Waals surface area contributed by atoms with Gasteiger partial charge in [-0.25, -0.2) is 19.6 Å². The minimum Gasteiger partial charge on any atom is -0.453 e. The molecule has 0 spiro atoms. The van der Waals surface area contributed by atoms with Crippen LogP contribution >= 0.6 is 0 Å². The highest BCUT2D eigenvalue weighted by molar-refractivity contribution is 5.88. The molecule has 4 fully saturated rings. The van der Waals surface area contributed by atoms with E-state index in [-0.39, 0.29) is 47.8 Å². The van der Waals surface area contributed by atoms with Crippen LogP contribution in [-0.4, -0.2) is 131 Å². The second-order valence-corrected chi connectivity index (χ2v) is 19.7. The highest BCUT2D eigenvalue weighted by Crippen LogP contribution is 2.48. The van der Waals surface area contributed by atoms with Crippen molar-refractivity contribution in [1.82, 2.24) is 45.3 Å².